The molecule has 1 N–H and O–H groups in total. The number of hydrogen-bond donors (Lipinski definition) is 1. The third-order valence-electron chi connectivity index (χ3n) is 4.34. The molecule has 1 unspecified atom stereocenters. The summed E-state index contributed by atoms with van der Waals surface area (Å²) in [6.45, 7) is 4.84. The van der Waals surface area contributed by atoms with Gasteiger partial charge in [-0.1, -0.05) is 39.1 Å². The Hall–Kier alpha value is -2.06. The van der Waals surface area contributed by atoms with Gasteiger partial charge in [-0.25, -0.2) is 4.98 Å². The third kappa shape index (κ3) is 4.02. The maximum atomic E-state index is 12.6. The molecule has 0 spiro atoms. The molecule has 1 aliphatic heterocycles. The maximum Gasteiger partial charge on any atom is 0.257 e. The first-order valence-corrected chi connectivity index (χ1v) is 9.57. The van der Waals surface area contributed by atoms with Crippen molar-refractivity contribution < 1.29 is 4.79 Å². The molecule has 7 heteroatoms. The second-order valence-electron chi connectivity index (χ2n) is 6.69. The van der Waals surface area contributed by atoms with E-state index in [1.54, 1.807) is 6.20 Å². The van der Waals surface area contributed by atoms with E-state index in [9.17, 15) is 4.79 Å². The van der Waals surface area contributed by atoms with Gasteiger partial charge in [0.15, 0.2) is 0 Å². The monoisotopic (exact) mass is 359 g/mol. The Morgan fingerprint density at radius 1 is 1.38 bits per heavy atom. The van der Waals surface area contributed by atoms with Gasteiger partial charge in [0, 0.05) is 23.7 Å². The zero-order chi connectivity index (χ0) is 18.7. The van der Waals surface area contributed by atoms with Crippen LogP contribution < -0.4 is 15.5 Å². The highest BCUT2D eigenvalue weighted by atomic mass is 31.1. The molecular weight excluding hydrogens is 339 g/mol. The van der Waals surface area contributed by atoms with Crippen LogP contribution in [0.15, 0.2) is 42.6 Å². The molecule has 4 nitrogen and oxygen atoms in total. The minimum Gasteiger partial charge on any atom is -0.367 e. The quantitative estimate of drug-likeness (QED) is 0.674. The molecule has 1 saturated heterocycles. The Morgan fingerprint density at radius 2 is 2.12 bits per heavy atom. The number of para-hydroxylation sites is 1. The Morgan fingerprint density at radius 3 is 2.73 bits per heavy atom. The highest BCUT2D eigenvalue weighted by molar-refractivity contribution is 7.47. The SMILES string of the molecule is [B]C1([B])CC(C)CN1c1ncc(C(=O)Nc2ccccc2)cc1P=CC. The van der Waals surface area contributed by atoms with E-state index in [0.717, 1.165) is 31.6 Å². The summed E-state index contributed by atoms with van der Waals surface area (Å²) < 4.78 is 0. The Kier molecular flexibility index (Phi) is 5.52. The average molecular weight is 359 g/mol. The van der Waals surface area contributed by atoms with Crippen LogP contribution in [-0.2, 0) is 0 Å². The highest BCUT2D eigenvalue weighted by Gasteiger charge is 2.36. The molecule has 1 atom stereocenters. The molecule has 1 aliphatic rings. The molecule has 1 fully saturated rings. The number of anilines is 2. The van der Waals surface area contributed by atoms with Crippen LogP contribution in [0.25, 0.3) is 0 Å². The Balaban J connectivity index is 1.91. The van der Waals surface area contributed by atoms with Crippen molar-refractivity contribution in [2.75, 3.05) is 16.8 Å². The van der Waals surface area contributed by atoms with Crippen molar-refractivity contribution in [3.63, 3.8) is 0 Å². The highest BCUT2D eigenvalue weighted by Crippen LogP contribution is 2.32. The zero-order valence-corrected chi connectivity index (χ0v) is 15.9. The first kappa shape index (κ1) is 18.7. The molecule has 26 heavy (non-hydrogen) atoms. The fourth-order valence-corrected chi connectivity index (χ4v) is 4.02. The first-order valence-electron chi connectivity index (χ1n) is 8.61. The summed E-state index contributed by atoms with van der Waals surface area (Å²) in [7, 11) is 13.5. The van der Waals surface area contributed by atoms with E-state index >= 15 is 0 Å². The Bertz CT molecular complexity index is 827. The molecule has 2 heterocycles. The summed E-state index contributed by atoms with van der Waals surface area (Å²) in [5.74, 6) is 2.95. The Labute approximate surface area is 159 Å². The summed E-state index contributed by atoms with van der Waals surface area (Å²) in [4.78, 5) is 19.1. The molecule has 1 amide bonds. The lowest BCUT2D eigenvalue weighted by atomic mass is 9.59. The van der Waals surface area contributed by atoms with Gasteiger partial charge in [0.25, 0.3) is 5.91 Å². The van der Waals surface area contributed by atoms with Crippen LogP contribution in [0, 0.1) is 5.92 Å². The zero-order valence-electron chi connectivity index (χ0n) is 15.0. The lowest BCUT2D eigenvalue weighted by molar-refractivity contribution is 0.102. The van der Waals surface area contributed by atoms with Crippen molar-refractivity contribution in [3.8, 4) is 0 Å². The number of pyridine rings is 1. The van der Waals surface area contributed by atoms with Gasteiger partial charge in [0.2, 0.25) is 0 Å². The summed E-state index contributed by atoms with van der Waals surface area (Å²) in [6.07, 6.45) is 2.29. The summed E-state index contributed by atoms with van der Waals surface area (Å²) in [6, 6.07) is 11.2. The molecule has 1 aromatic carbocycles. The van der Waals surface area contributed by atoms with Crippen molar-refractivity contribution >= 4 is 52.4 Å². The maximum absolute atomic E-state index is 12.6. The van der Waals surface area contributed by atoms with E-state index in [4.69, 9.17) is 15.7 Å². The number of carbonyl (C=O) groups is 1. The predicted molar refractivity (Wildman–Crippen MR) is 112 cm³/mol. The van der Waals surface area contributed by atoms with E-state index in [0.29, 0.717) is 17.9 Å². The van der Waals surface area contributed by atoms with Gasteiger partial charge in [-0.2, -0.15) is 0 Å². The fraction of sp³-hybridized carbons (Fsp3) is 0.316. The number of nitrogens with one attached hydrogen (secondary N) is 1. The van der Waals surface area contributed by atoms with Gasteiger partial charge in [-0.3, -0.25) is 4.79 Å². The summed E-state index contributed by atoms with van der Waals surface area (Å²) >= 11 is 0. The average Bonchev–Trinajstić information content (AvgIpc) is 2.88. The second kappa shape index (κ2) is 7.67. The normalized spacial score (nSPS) is 19.0. The van der Waals surface area contributed by atoms with E-state index < -0.39 is 5.34 Å². The molecule has 128 valence electrons. The fourth-order valence-electron chi connectivity index (χ4n) is 3.24. The van der Waals surface area contributed by atoms with Gasteiger partial charge < -0.3 is 10.2 Å². The minimum absolute atomic E-state index is 0.190. The lowest BCUT2D eigenvalue weighted by Crippen LogP contribution is -2.47. The lowest BCUT2D eigenvalue weighted by Gasteiger charge is -2.34. The molecule has 0 bridgehead atoms. The van der Waals surface area contributed by atoms with Crippen LogP contribution in [-0.4, -0.2) is 44.3 Å². The van der Waals surface area contributed by atoms with E-state index in [1.165, 1.54) is 0 Å². The number of benzene rings is 1. The van der Waals surface area contributed by atoms with Crippen LogP contribution in [0.1, 0.15) is 30.6 Å². The number of nitrogens with zero attached hydrogens (tertiary/aromatic N) is 2. The van der Waals surface area contributed by atoms with Gasteiger partial charge in [0.1, 0.15) is 5.82 Å². The molecule has 2 aromatic rings. The predicted octanol–water partition coefficient (Wildman–Crippen LogP) is 2.56. The van der Waals surface area contributed by atoms with Gasteiger partial charge in [-0.05, 0) is 42.8 Å². The van der Waals surface area contributed by atoms with Gasteiger partial charge in [0.05, 0.1) is 21.3 Å². The van der Waals surface area contributed by atoms with Crippen LogP contribution in [0.4, 0.5) is 11.5 Å². The summed E-state index contributed by atoms with van der Waals surface area (Å²) in [5, 5.41) is 2.89. The van der Waals surface area contributed by atoms with Crippen LogP contribution in [0.5, 0.6) is 0 Å². The van der Waals surface area contributed by atoms with Crippen molar-refractivity contribution in [1.29, 1.82) is 0 Å². The standard InChI is InChI=1S/C19H20B2N3OP/c1-3-26-16-9-14(18(25)23-15-7-5-4-6-8-15)11-22-17(16)24-12-13(2)10-19(24,20)21/h3-9,11,13H,10,12H2,1-2H3,(H,23,25). The first-order chi connectivity index (χ1) is 12.4. The molecule has 1 aromatic heterocycles. The number of carbonyl (C=O) groups excluding carboxylic acids is 1. The summed E-state index contributed by atoms with van der Waals surface area (Å²) in [5.41, 5.74) is 1.26. The van der Waals surface area contributed by atoms with Crippen molar-refractivity contribution in [1.82, 2.24) is 4.98 Å². The molecule has 3 rings (SSSR count). The number of rotatable bonds is 4. The molecule has 0 saturated carbocycles. The second-order valence-corrected chi connectivity index (χ2v) is 7.94. The van der Waals surface area contributed by atoms with Gasteiger partial charge in [-0.15, -0.1) is 0 Å². The van der Waals surface area contributed by atoms with E-state index in [-0.39, 0.29) is 5.91 Å². The van der Waals surface area contributed by atoms with E-state index in [1.807, 2.05) is 54.0 Å². The minimum atomic E-state index is -0.918. The number of aromatic nitrogens is 1. The van der Waals surface area contributed by atoms with Crippen molar-refractivity contribution in [3.05, 3.63) is 48.2 Å². The molecule has 0 aliphatic carbocycles. The van der Waals surface area contributed by atoms with Crippen molar-refractivity contribution in [2.24, 2.45) is 5.92 Å². The van der Waals surface area contributed by atoms with Crippen LogP contribution in [0.3, 0.4) is 0 Å². The van der Waals surface area contributed by atoms with E-state index in [2.05, 4.69) is 17.2 Å². The molecular formula is C19H20B2N3OP. The number of amides is 1. The van der Waals surface area contributed by atoms with Gasteiger partial charge >= 0.3 is 0 Å². The topological polar surface area (TPSA) is 45.2 Å². The smallest absolute Gasteiger partial charge is 0.257 e. The number of hydrogen-bond acceptors (Lipinski definition) is 3. The van der Waals surface area contributed by atoms with Crippen molar-refractivity contribution in [2.45, 2.75) is 25.6 Å². The largest absolute Gasteiger partial charge is 0.367 e. The van der Waals surface area contributed by atoms with Crippen LogP contribution >= 0.6 is 8.20 Å². The molecule has 4 radical (unpaired) electrons. The third-order valence-corrected chi connectivity index (χ3v) is 5.20. The van der Waals surface area contributed by atoms with Crippen LogP contribution in [0.2, 0.25) is 0 Å².